The zero-order chi connectivity index (χ0) is 16.6. The van der Waals surface area contributed by atoms with Crippen molar-refractivity contribution >= 4 is 44.0 Å². The number of rotatable bonds is 5. The summed E-state index contributed by atoms with van der Waals surface area (Å²) in [6, 6.07) is 10.4. The molecule has 6 nitrogen and oxygen atoms in total. The summed E-state index contributed by atoms with van der Waals surface area (Å²) < 4.78 is 30.4. The lowest BCUT2D eigenvalue weighted by molar-refractivity contribution is 0.573. The Hall–Kier alpha value is -1.61. The van der Waals surface area contributed by atoms with E-state index in [4.69, 9.17) is 11.6 Å². The van der Waals surface area contributed by atoms with Gasteiger partial charge in [0, 0.05) is 20.1 Å². The first kappa shape index (κ1) is 16.3. The molecule has 1 N–H and O–H groups in total. The highest BCUT2D eigenvalue weighted by molar-refractivity contribution is 7.91. The van der Waals surface area contributed by atoms with Crippen LogP contribution in [0.3, 0.4) is 0 Å². The third kappa shape index (κ3) is 3.07. The summed E-state index contributed by atoms with van der Waals surface area (Å²) in [5.41, 5.74) is 1.41. The molecule has 0 spiro atoms. The Morgan fingerprint density at radius 3 is 2.52 bits per heavy atom. The summed E-state index contributed by atoms with van der Waals surface area (Å²) >= 11 is 6.76. The molecule has 0 saturated heterocycles. The molecule has 3 aromatic rings. The third-order valence-electron chi connectivity index (χ3n) is 3.49. The van der Waals surface area contributed by atoms with Gasteiger partial charge in [-0.25, -0.2) is 17.9 Å². The largest absolute Gasteiger partial charge is 0.328 e. The molecule has 0 aliphatic heterocycles. The molecule has 0 aliphatic rings. The number of sulfonamides is 1. The minimum absolute atomic E-state index is 0.117. The lowest BCUT2D eigenvalue weighted by Gasteiger charge is -2.06. The Morgan fingerprint density at radius 1 is 1.17 bits per heavy atom. The fourth-order valence-corrected chi connectivity index (χ4v) is 4.93. The zero-order valence-corrected chi connectivity index (χ0v) is 14.6. The van der Waals surface area contributed by atoms with Gasteiger partial charge in [-0.3, -0.25) is 9.13 Å². The number of para-hydroxylation sites is 2. The van der Waals surface area contributed by atoms with Crippen LogP contribution >= 0.6 is 22.9 Å². The van der Waals surface area contributed by atoms with Crippen molar-refractivity contribution in [1.29, 1.82) is 0 Å². The van der Waals surface area contributed by atoms with Crippen LogP contribution in [-0.2, 0) is 23.6 Å². The van der Waals surface area contributed by atoms with Crippen molar-refractivity contribution in [3.05, 3.63) is 51.2 Å². The van der Waals surface area contributed by atoms with E-state index in [1.54, 1.807) is 16.2 Å². The van der Waals surface area contributed by atoms with E-state index < -0.39 is 10.0 Å². The number of nitrogens with one attached hydrogen (secondary N) is 1. The number of benzene rings is 1. The highest BCUT2D eigenvalue weighted by Gasteiger charge is 2.17. The summed E-state index contributed by atoms with van der Waals surface area (Å²) in [6.45, 7) is 0.365. The van der Waals surface area contributed by atoms with Crippen LogP contribution < -0.4 is 10.4 Å². The van der Waals surface area contributed by atoms with Gasteiger partial charge in [-0.15, -0.1) is 11.3 Å². The van der Waals surface area contributed by atoms with E-state index in [1.165, 1.54) is 12.1 Å². The standard InChI is InChI=1S/C14H14ClN3O3S2/c1-17-10-4-2-3-5-11(10)18(14(17)19)9-8-16-23(20,21)13-7-6-12(15)22-13/h2-7,16H,8-9H2,1H3. The second-order valence-electron chi connectivity index (χ2n) is 4.94. The number of halogens is 1. The van der Waals surface area contributed by atoms with E-state index in [0.29, 0.717) is 4.34 Å². The van der Waals surface area contributed by atoms with Crippen LogP contribution in [0.15, 0.2) is 45.4 Å². The van der Waals surface area contributed by atoms with Crippen LogP contribution in [0.2, 0.25) is 4.34 Å². The molecule has 0 atom stereocenters. The van der Waals surface area contributed by atoms with Crippen LogP contribution in [0.4, 0.5) is 0 Å². The maximum atomic E-state index is 12.3. The van der Waals surface area contributed by atoms with Gasteiger partial charge in [0.1, 0.15) is 4.21 Å². The predicted octanol–water partition coefficient (Wildman–Crippen LogP) is 2.03. The lowest BCUT2D eigenvalue weighted by atomic mass is 10.3. The number of fused-ring (bicyclic) bond motifs is 1. The Bertz CT molecular complexity index is 1020. The Balaban J connectivity index is 1.80. The second kappa shape index (κ2) is 6.12. The number of aryl methyl sites for hydroxylation is 1. The van der Waals surface area contributed by atoms with Gasteiger partial charge >= 0.3 is 5.69 Å². The van der Waals surface area contributed by atoms with Crippen LogP contribution in [0, 0.1) is 0 Å². The summed E-state index contributed by atoms with van der Waals surface area (Å²) in [5, 5.41) is 0. The van der Waals surface area contributed by atoms with Crippen LogP contribution in [0.5, 0.6) is 0 Å². The first-order valence-electron chi connectivity index (χ1n) is 6.79. The summed E-state index contributed by atoms with van der Waals surface area (Å²) in [6.07, 6.45) is 0. The van der Waals surface area contributed by atoms with E-state index in [2.05, 4.69) is 4.72 Å². The van der Waals surface area contributed by atoms with Gasteiger partial charge in [-0.05, 0) is 24.3 Å². The van der Waals surface area contributed by atoms with Gasteiger partial charge in [0.25, 0.3) is 0 Å². The summed E-state index contributed by atoms with van der Waals surface area (Å²) in [4.78, 5) is 12.3. The van der Waals surface area contributed by atoms with Gasteiger partial charge < -0.3 is 0 Å². The molecule has 2 aromatic heterocycles. The summed E-state index contributed by atoms with van der Waals surface area (Å²) in [7, 11) is -1.91. The number of hydrogen-bond donors (Lipinski definition) is 1. The Kier molecular flexibility index (Phi) is 4.33. The van der Waals surface area contributed by atoms with E-state index in [0.717, 1.165) is 22.4 Å². The van der Waals surface area contributed by atoms with Crippen molar-refractivity contribution < 1.29 is 8.42 Å². The number of thiophene rings is 1. The molecule has 3 rings (SSSR count). The molecular formula is C14H14ClN3O3S2. The summed E-state index contributed by atoms with van der Waals surface area (Å²) in [5.74, 6) is 0. The van der Waals surface area contributed by atoms with Crippen molar-refractivity contribution in [1.82, 2.24) is 13.9 Å². The fraction of sp³-hybridized carbons (Fsp3) is 0.214. The number of nitrogens with zero attached hydrogens (tertiary/aromatic N) is 2. The SMILES string of the molecule is Cn1c(=O)n(CCNS(=O)(=O)c2ccc(Cl)s2)c2ccccc21. The maximum absolute atomic E-state index is 12.3. The number of hydrogen-bond acceptors (Lipinski definition) is 4. The monoisotopic (exact) mass is 371 g/mol. The van der Waals surface area contributed by atoms with Gasteiger partial charge in [0.05, 0.1) is 15.4 Å². The average Bonchev–Trinajstić information content (AvgIpc) is 3.06. The van der Waals surface area contributed by atoms with Gasteiger partial charge in [0.15, 0.2) is 0 Å². The van der Waals surface area contributed by atoms with Crippen LogP contribution in [0.25, 0.3) is 11.0 Å². The molecule has 0 saturated carbocycles. The maximum Gasteiger partial charge on any atom is 0.328 e. The molecule has 122 valence electrons. The highest BCUT2D eigenvalue weighted by Crippen LogP contribution is 2.25. The predicted molar refractivity (Wildman–Crippen MR) is 91.7 cm³/mol. The Morgan fingerprint density at radius 2 is 1.87 bits per heavy atom. The Labute approximate surface area is 142 Å². The van der Waals surface area contributed by atoms with Gasteiger partial charge in [-0.1, -0.05) is 23.7 Å². The number of imidazole rings is 1. The van der Waals surface area contributed by atoms with Crippen molar-refractivity contribution in [3.63, 3.8) is 0 Å². The fourth-order valence-electron chi connectivity index (χ4n) is 2.38. The van der Waals surface area contributed by atoms with Crippen molar-refractivity contribution in [3.8, 4) is 0 Å². The molecule has 0 aliphatic carbocycles. The van der Waals surface area contributed by atoms with Crippen molar-refractivity contribution in [2.75, 3.05) is 6.54 Å². The van der Waals surface area contributed by atoms with Crippen LogP contribution in [-0.4, -0.2) is 24.1 Å². The van der Waals surface area contributed by atoms with Gasteiger partial charge in [-0.2, -0.15) is 0 Å². The molecule has 0 unspecified atom stereocenters. The smallest absolute Gasteiger partial charge is 0.295 e. The first-order chi connectivity index (χ1) is 10.9. The van der Waals surface area contributed by atoms with E-state index in [-0.39, 0.29) is 23.0 Å². The zero-order valence-electron chi connectivity index (χ0n) is 12.2. The highest BCUT2D eigenvalue weighted by atomic mass is 35.5. The van der Waals surface area contributed by atoms with E-state index in [9.17, 15) is 13.2 Å². The second-order valence-corrected chi connectivity index (χ2v) is 8.65. The number of aromatic nitrogens is 2. The molecule has 23 heavy (non-hydrogen) atoms. The molecule has 0 amide bonds. The van der Waals surface area contributed by atoms with Crippen molar-refractivity contribution in [2.45, 2.75) is 10.8 Å². The molecule has 0 fully saturated rings. The van der Waals surface area contributed by atoms with E-state index >= 15 is 0 Å². The average molecular weight is 372 g/mol. The molecule has 9 heteroatoms. The van der Waals surface area contributed by atoms with Crippen molar-refractivity contribution in [2.24, 2.45) is 7.05 Å². The van der Waals surface area contributed by atoms with E-state index in [1.807, 2.05) is 24.3 Å². The quantitative estimate of drug-likeness (QED) is 0.745. The molecule has 0 bridgehead atoms. The molecule has 0 radical (unpaired) electrons. The molecule has 1 aromatic carbocycles. The lowest BCUT2D eigenvalue weighted by Crippen LogP contribution is -2.31. The van der Waals surface area contributed by atoms with Crippen LogP contribution in [0.1, 0.15) is 0 Å². The normalized spacial score (nSPS) is 12.1. The topological polar surface area (TPSA) is 73.1 Å². The molecular weight excluding hydrogens is 358 g/mol. The molecule has 2 heterocycles. The first-order valence-corrected chi connectivity index (χ1v) is 9.47. The minimum atomic E-state index is -3.61. The third-order valence-corrected chi connectivity index (χ3v) is 6.68. The van der Waals surface area contributed by atoms with Gasteiger partial charge in [0.2, 0.25) is 10.0 Å². The minimum Gasteiger partial charge on any atom is -0.295 e.